The zero-order valence-corrected chi connectivity index (χ0v) is 10.6. The Labute approximate surface area is 106 Å². The summed E-state index contributed by atoms with van der Waals surface area (Å²) >= 11 is 0. The quantitative estimate of drug-likeness (QED) is 0.698. The molecular formula is C12H19N3O3. The fourth-order valence-corrected chi connectivity index (χ4v) is 1.73. The lowest BCUT2D eigenvalue weighted by molar-refractivity contribution is 0.0698. The number of rotatable bonds is 6. The maximum absolute atomic E-state index is 11.0. The van der Waals surface area contributed by atoms with Gasteiger partial charge in [-0.2, -0.15) is 0 Å². The lowest BCUT2D eigenvalue weighted by Crippen LogP contribution is -2.34. The number of carboxylic acids is 1. The Morgan fingerprint density at radius 3 is 2.72 bits per heavy atom. The van der Waals surface area contributed by atoms with Gasteiger partial charge in [-0.25, -0.2) is 9.78 Å². The number of pyridine rings is 1. The molecule has 1 heterocycles. The van der Waals surface area contributed by atoms with Crippen molar-refractivity contribution in [3.8, 4) is 0 Å². The molecular weight excluding hydrogens is 234 g/mol. The van der Waals surface area contributed by atoms with E-state index in [1.54, 1.807) is 0 Å². The van der Waals surface area contributed by atoms with E-state index in [-0.39, 0.29) is 23.9 Å². The van der Waals surface area contributed by atoms with Crippen LogP contribution in [-0.2, 0) is 0 Å². The van der Waals surface area contributed by atoms with Crippen molar-refractivity contribution in [1.82, 2.24) is 4.98 Å². The zero-order chi connectivity index (χ0) is 13.7. The number of aromatic carboxylic acids is 1. The Balaban J connectivity index is 3.12. The van der Waals surface area contributed by atoms with Gasteiger partial charge in [0, 0.05) is 25.4 Å². The van der Waals surface area contributed by atoms with Crippen LogP contribution in [0.2, 0.25) is 0 Å². The molecule has 6 nitrogen and oxygen atoms in total. The van der Waals surface area contributed by atoms with Gasteiger partial charge in [-0.1, -0.05) is 0 Å². The summed E-state index contributed by atoms with van der Waals surface area (Å²) in [6.07, 6.45) is 2.01. The van der Waals surface area contributed by atoms with Gasteiger partial charge in [0.2, 0.25) is 0 Å². The van der Waals surface area contributed by atoms with Crippen LogP contribution in [0.25, 0.3) is 0 Å². The predicted molar refractivity (Wildman–Crippen MR) is 69.8 cm³/mol. The van der Waals surface area contributed by atoms with E-state index in [2.05, 4.69) is 4.98 Å². The van der Waals surface area contributed by atoms with Crippen LogP contribution in [-0.4, -0.2) is 40.4 Å². The van der Waals surface area contributed by atoms with Gasteiger partial charge in [-0.3, -0.25) is 0 Å². The van der Waals surface area contributed by atoms with Crippen molar-refractivity contribution in [2.24, 2.45) is 0 Å². The topological polar surface area (TPSA) is 99.7 Å². The van der Waals surface area contributed by atoms with Crippen LogP contribution in [0.5, 0.6) is 0 Å². The third-order valence-electron chi connectivity index (χ3n) is 2.65. The minimum Gasteiger partial charge on any atom is -0.478 e. The average Bonchev–Trinajstić information content (AvgIpc) is 2.30. The Hall–Kier alpha value is -1.82. The molecule has 100 valence electrons. The number of carbonyl (C=O) groups is 1. The van der Waals surface area contributed by atoms with Crippen molar-refractivity contribution >= 4 is 17.5 Å². The Morgan fingerprint density at radius 1 is 1.56 bits per heavy atom. The van der Waals surface area contributed by atoms with E-state index in [0.29, 0.717) is 18.8 Å². The lowest BCUT2D eigenvalue weighted by Gasteiger charge is -2.29. The van der Waals surface area contributed by atoms with Crippen molar-refractivity contribution in [2.45, 2.75) is 26.3 Å². The molecule has 0 radical (unpaired) electrons. The molecule has 0 atom stereocenters. The van der Waals surface area contributed by atoms with Gasteiger partial charge in [0.15, 0.2) is 5.82 Å². The molecule has 1 aromatic rings. The number of anilines is 2. The highest BCUT2D eigenvalue weighted by Crippen LogP contribution is 2.25. The van der Waals surface area contributed by atoms with Crippen LogP contribution in [0.15, 0.2) is 12.3 Å². The van der Waals surface area contributed by atoms with E-state index in [1.165, 1.54) is 12.3 Å². The van der Waals surface area contributed by atoms with Crippen LogP contribution in [0.1, 0.15) is 30.6 Å². The van der Waals surface area contributed by atoms with Crippen molar-refractivity contribution in [3.63, 3.8) is 0 Å². The van der Waals surface area contributed by atoms with Gasteiger partial charge in [-0.05, 0) is 26.3 Å². The molecule has 0 fully saturated rings. The summed E-state index contributed by atoms with van der Waals surface area (Å²) in [5.74, 6) is -0.611. The molecule has 0 bridgehead atoms. The van der Waals surface area contributed by atoms with Crippen molar-refractivity contribution in [2.75, 3.05) is 23.8 Å². The fourth-order valence-electron chi connectivity index (χ4n) is 1.73. The van der Waals surface area contributed by atoms with Crippen molar-refractivity contribution < 1.29 is 15.0 Å². The molecule has 6 heteroatoms. The van der Waals surface area contributed by atoms with Crippen LogP contribution >= 0.6 is 0 Å². The molecule has 1 rings (SSSR count). The normalized spacial score (nSPS) is 10.7. The van der Waals surface area contributed by atoms with E-state index < -0.39 is 5.97 Å². The number of nitrogen functional groups attached to an aromatic ring is 1. The highest BCUT2D eigenvalue weighted by Gasteiger charge is 2.19. The fraction of sp³-hybridized carbons (Fsp3) is 0.500. The predicted octanol–water partition coefficient (Wildman–Crippen LogP) is 0.959. The van der Waals surface area contributed by atoms with Gasteiger partial charge in [0.05, 0.1) is 11.3 Å². The maximum Gasteiger partial charge on any atom is 0.337 e. The highest BCUT2D eigenvalue weighted by atomic mass is 16.4. The number of nitrogens with zero attached hydrogens (tertiary/aromatic N) is 2. The minimum atomic E-state index is -1.07. The summed E-state index contributed by atoms with van der Waals surface area (Å²) in [5.41, 5.74) is 6.06. The van der Waals surface area contributed by atoms with Crippen LogP contribution in [0.3, 0.4) is 0 Å². The van der Waals surface area contributed by atoms with Crippen molar-refractivity contribution in [1.29, 1.82) is 0 Å². The largest absolute Gasteiger partial charge is 0.478 e. The molecule has 0 amide bonds. The Bertz CT molecular complexity index is 421. The first kappa shape index (κ1) is 14.2. The lowest BCUT2D eigenvalue weighted by atomic mass is 10.2. The summed E-state index contributed by atoms with van der Waals surface area (Å²) in [4.78, 5) is 17.1. The zero-order valence-electron chi connectivity index (χ0n) is 10.6. The molecule has 0 saturated heterocycles. The molecule has 0 aliphatic heterocycles. The van der Waals surface area contributed by atoms with Crippen molar-refractivity contribution in [3.05, 3.63) is 17.8 Å². The Morgan fingerprint density at radius 2 is 2.22 bits per heavy atom. The number of hydrogen-bond donors (Lipinski definition) is 3. The molecule has 1 aromatic heterocycles. The van der Waals surface area contributed by atoms with Gasteiger partial charge in [0.1, 0.15) is 0 Å². The summed E-state index contributed by atoms with van der Waals surface area (Å²) < 4.78 is 0. The first-order chi connectivity index (χ1) is 8.49. The number of nitrogens with two attached hydrogens (primary N) is 1. The van der Waals surface area contributed by atoms with Gasteiger partial charge in [0.25, 0.3) is 0 Å². The molecule has 0 aliphatic carbocycles. The molecule has 0 spiro atoms. The number of aliphatic hydroxyl groups is 1. The Kier molecular flexibility index (Phi) is 4.91. The molecule has 0 aliphatic rings. The number of carboxylic acid groups (broad SMARTS) is 1. The smallest absolute Gasteiger partial charge is 0.337 e. The molecule has 0 saturated carbocycles. The van der Waals surface area contributed by atoms with Gasteiger partial charge >= 0.3 is 5.97 Å². The third-order valence-corrected chi connectivity index (χ3v) is 2.65. The second kappa shape index (κ2) is 6.20. The number of aromatic nitrogens is 1. The van der Waals surface area contributed by atoms with Crippen LogP contribution < -0.4 is 10.6 Å². The number of hydrogen-bond acceptors (Lipinski definition) is 5. The van der Waals surface area contributed by atoms with Crippen LogP contribution in [0, 0.1) is 0 Å². The van der Waals surface area contributed by atoms with E-state index in [4.69, 9.17) is 15.9 Å². The van der Waals surface area contributed by atoms with E-state index in [1.807, 2.05) is 18.7 Å². The van der Waals surface area contributed by atoms with Gasteiger partial charge < -0.3 is 20.8 Å². The van der Waals surface area contributed by atoms with Gasteiger partial charge in [-0.15, -0.1) is 0 Å². The SMILES string of the molecule is CC(C)N(CCCO)c1nccc(C(=O)O)c1N. The molecule has 0 unspecified atom stereocenters. The second-order valence-corrected chi connectivity index (χ2v) is 4.27. The molecule has 18 heavy (non-hydrogen) atoms. The first-order valence-corrected chi connectivity index (χ1v) is 5.84. The summed E-state index contributed by atoms with van der Waals surface area (Å²) in [6, 6.07) is 1.50. The first-order valence-electron chi connectivity index (χ1n) is 5.84. The summed E-state index contributed by atoms with van der Waals surface area (Å²) in [7, 11) is 0. The molecule has 0 aromatic carbocycles. The molecule has 4 N–H and O–H groups in total. The third kappa shape index (κ3) is 3.10. The number of aliphatic hydroxyl groups excluding tert-OH is 1. The second-order valence-electron chi connectivity index (χ2n) is 4.27. The van der Waals surface area contributed by atoms with Crippen LogP contribution in [0.4, 0.5) is 11.5 Å². The maximum atomic E-state index is 11.0. The van der Waals surface area contributed by atoms with E-state index >= 15 is 0 Å². The monoisotopic (exact) mass is 253 g/mol. The summed E-state index contributed by atoms with van der Waals surface area (Å²) in [6.45, 7) is 4.58. The summed E-state index contributed by atoms with van der Waals surface area (Å²) in [5, 5.41) is 17.9. The highest BCUT2D eigenvalue weighted by molar-refractivity contribution is 5.96. The minimum absolute atomic E-state index is 0.0506. The van der Waals surface area contributed by atoms with E-state index in [9.17, 15) is 4.79 Å². The van der Waals surface area contributed by atoms with E-state index in [0.717, 1.165) is 0 Å². The average molecular weight is 253 g/mol. The standard InChI is InChI=1S/C12H19N3O3/c1-8(2)15(6-3-7-16)11-10(13)9(12(17)18)4-5-14-11/h4-5,8,16H,3,6-7,13H2,1-2H3,(H,17,18).